The van der Waals surface area contributed by atoms with Crippen molar-refractivity contribution >= 4 is 133 Å². The van der Waals surface area contributed by atoms with Crippen LogP contribution in [0.5, 0.6) is 0 Å². The molecule has 1 aliphatic heterocycles. The summed E-state index contributed by atoms with van der Waals surface area (Å²) in [6, 6.07) is 16.9. The van der Waals surface area contributed by atoms with Gasteiger partial charge in [0.25, 0.3) is 0 Å². The Morgan fingerprint density at radius 3 is 1.57 bits per heavy atom. The average molecular weight is 1520 g/mol. The molecule has 8 amide bonds. The van der Waals surface area contributed by atoms with Gasteiger partial charge >= 0.3 is 31.7 Å². The van der Waals surface area contributed by atoms with Crippen molar-refractivity contribution in [2.45, 2.75) is 119 Å². The van der Waals surface area contributed by atoms with Gasteiger partial charge in [0.1, 0.15) is 42.3 Å². The summed E-state index contributed by atoms with van der Waals surface area (Å²) < 4.78 is 13.8. The summed E-state index contributed by atoms with van der Waals surface area (Å²) in [5.41, 5.74) is 8.28. The topological polar surface area (TPSA) is 457 Å². The predicted molar refractivity (Wildman–Crippen MR) is 386 cm³/mol. The van der Waals surface area contributed by atoms with Crippen molar-refractivity contribution in [2.24, 2.45) is 5.73 Å². The van der Waals surface area contributed by atoms with Crippen molar-refractivity contribution in [2.75, 3.05) is 89.5 Å². The number of amides is 8. The first kappa shape index (κ1) is 84.3. The van der Waals surface area contributed by atoms with Crippen LogP contribution < -0.4 is 48.3 Å². The van der Waals surface area contributed by atoms with E-state index in [-0.39, 0.29) is 122 Å². The van der Waals surface area contributed by atoms with Gasteiger partial charge in [-0.15, -0.1) is 0 Å². The van der Waals surface area contributed by atoms with Crippen molar-refractivity contribution < 1.29 is 82.9 Å². The normalized spacial score (nSPS) is 16.7. The number of carboxylic acids is 2. The van der Waals surface area contributed by atoms with E-state index < -0.39 is 153 Å². The van der Waals surface area contributed by atoms with Crippen LogP contribution in [0.3, 0.4) is 0 Å². The summed E-state index contributed by atoms with van der Waals surface area (Å²) in [5, 5.41) is 72.8. The van der Waals surface area contributed by atoms with Crippen LogP contribution >= 0.6 is 32.6 Å². The first-order valence-corrected chi connectivity index (χ1v) is 36.3. The Kier molecular flexibility index (Phi) is 35.3. The maximum absolute atomic E-state index is 15.3. The smallest absolute Gasteiger partial charge is 0.480 e. The number of H-pyrrole nitrogens is 1. The van der Waals surface area contributed by atoms with Crippen LogP contribution in [0.1, 0.15) is 56.2 Å². The number of aromatic nitrogens is 1. The third-order valence-corrected chi connectivity index (χ3v) is 19.5. The van der Waals surface area contributed by atoms with Gasteiger partial charge in [0, 0.05) is 99.7 Å². The molecule has 4 aromatic carbocycles. The van der Waals surface area contributed by atoms with E-state index >= 15 is 9.59 Å². The summed E-state index contributed by atoms with van der Waals surface area (Å²) >= 11 is 8.62. The van der Waals surface area contributed by atoms with Gasteiger partial charge in [0.2, 0.25) is 54.6 Å². The molecule has 1 saturated heterocycles. The number of nitrogens with one attached hydrogen (secondary N) is 9. The predicted octanol–water partition coefficient (Wildman–Crippen LogP) is -1.70. The fourth-order valence-corrected chi connectivity index (χ4v) is 13.5. The number of carboxylic acid groups (broad SMARTS) is 2. The molecule has 0 aliphatic carbocycles. The minimum atomic E-state index is -4.16. The van der Waals surface area contributed by atoms with Crippen molar-refractivity contribution in [1.29, 1.82) is 0 Å². The van der Waals surface area contributed by atoms with Gasteiger partial charge in [0.15, 0.2) is 0 Å². The number of hydrogen-bond acceptors (Lipinski definition) is 20. The van der Waals surface area contributed by atoms with Crippen LogP contribution in [0.4, 0.5) is 0 Å². The van der Waals surface area contributed by atoms with E-state index in [4.69, 9.17) is 5.73 Å². The second-order valence-corrected chi connectivity index (χ2v) is 28.0. The first-order chi connectivity index (χ1) is 47.7. The minimum absolute atomic E-state index is 0. The molecule has 0 saturated carbocycles. The molecule has 1 unspecified atom stereocenters. The molecule has 1 aromatic heterocycles. The van der Waals surface area contributed by atoms with Crippen LogP contribution in [0, 0.1) is 0 Å². The van der Waals surface area contributed by atoms with E-state index in [1.807, 2.05) is 24.3 Å². The van der Waals surface area contributed by atoms with Crippen LogP contribution in [0.15, 0.2) is 103 Å². The standard InChI is InChI=1S/C67H94N13O17PS2.Ga/c1-41(82)54(37-81)74-66(94)56(39-100)76-67(95)60(42(2)83)77-61(89)50(21-10-11-23-68)71-63(91)53(33-46-34-69-49-20-9-8-19-48(46)49)72-64(92)52(32-45-17-12-16-44-15-6-7-18-47(44)45)73-65(93)55(38-99)75-62(90)51(31-43-13-4-3-5-14-43)70-57(84)22-30-98(96,97)40-80-28-26-78(35-58(85)86)24-25-79(27-29-80)36-59(87)88;/h3-9,12-20,34,41-42,50-56,60,69,81-83,99-100H,10-11,21-33,35-40,68H2,1-2H3,(H,70,84)(H,71,91)(H,72,92)(H,73,93)(H,74,94)(H,75,90)(H,76,95)(H,77,89)(H,85,86)(H,87,88)(H,96,97);/q;+3/t41-,42-,50+,51+,52+,53+,54-,55+,56+,60+;/m1./s1/i;1-3. The number of carbonyl (C=O) groups excluding carboxylic acids is 8. The number of benzene rings is 4. The van der Waals surface area contributed by atoms with E-state index in [0.29, 0.717) is 39.4 Å². The third kappa shape index (κ3) is 27.4. The number of aromatic amines is 1. The molecule has 2 heterocycles. The minimum Gasteiger partial charge on any atom is -0.480 e. The molecule has 30 nitrogen and oxygen atoms in total. The SMILES string of the molecule is C[C@@H](O)[C@H](NC(=O)[C@H](CCCCN)NC(=O)[C@H](Cc1c[nH]c2ccccc12)NC(=O)[C@H](Cc1cccc2ccccc12)NC(=O)[C@H](CS)NC(=O)[C@H](Cc1ccccc1)NC(=O)CCP(=O)(O)CN1CCN(CC(=O)O)CCN(CC(=O)O)CC1)C(=O)N[C@@H](CS)C(=O)N[C@H](CO)[C@@H](C)O.[67Ga+3]. The average Bonchev–Trinajstić information content (AvgIpc) is 1.40. The first-order valence-electron chi connectivity index (χ1n) is 33.0. The Morgan fingerprint density at radius 1 is 0.545 bits per heavy atom. The van der Waals surface area contributed by atoms with E-state index in [1.165, 1.54) is 13.8 Å². The van der Waals surface area contributed by atoms with E-state index in [0.717, 1.165) is 5.39 Å². The van der Waals surface area contributed by atoms with Gasteiger partial charge in [-0.2, -0.15) is 25.3 Å². The van der Waals surface area contributed by atoms with Crippen LogP contribution in [0.2, 0.25) is 0 Å². The molecule has 0 spiro atoms. The third-order valence-electron chi connectivity index (χ3n) is 17.0. The zero-order chi connectivity index (χ0) is 73.1. The second-order valence-electron chi connectivity index (χ2n) is 24.9. The van der Waals surface area contributed by atoms with Crippen LogP contribution in [-0.4, -0.2) is 279 Å². The molecule has 0 bridgehead atoms. The monoisotopic (exact) mass is 1510 g/mol. The number of para-hydroxylation sites is 1. The molecule has 101 heavy (non-hydrogen) atoms. The Balaban J connectivity index is 0.0000184. The summed E-state index contributed by atoms with van der Waals surface area (Å²) in [7, 11) is -4.16. The van der Waals surface area contributed by atoms with E-state index in [1.54, 1.807) is 93.7 Å². The number of carbonyl (C=O) groups is 10. The Labute approximate surface area is 609 Å². The maximum atomic E-state index is 15.3. The van der Waals surface area contributed by atoms with Crippen molar-refractivity contribution in [3.05, 3.63) is 120 Å². The molecule has 6 rings (SSSR count). The zero-order valence-electron chi connectivity index (χ0n) is 56.4. The van der Waals surface area contributed by atoms with Crippen LogP contribution in [0.25, 0.3) is 21.7 Å². The fraction of sp³-hybridized carbons (Fsp3) is 0.493. The van der Waals surface area contributed by atoms with Gasteiger partial charge in [-0.05, 0) is 73.2 Å². The molecule has 1 aliphatic rings. The van der Waals surface area contributed by atoms with Gasteiger partial charge in [-0.25, -0.2) is 0 Å². The van der Waals surface area contributed by atoms with Gasteiger partial charge in [0.05, 0.1) is 44.2 Å². The van der Waals surface area contributed by atoms with Crippen molar-refractivity contribution in [1.82, 2.24) is 62.2 Å². The number of nitrogens with zero attached hydrogens (tertiary/aromatic N) is 3. The molecule has 34 heteroatoms. The van der Waals surface area contributed by atoms with Gasteiger partial charge < -0.3 is 83.7 Å². The largest absolute Gasteiger partial charge is 3.00 e. The van der Waals surface area contributed by atoms with Crippen LogP contribution in [-0.2, 0) is 71.8 Å². The number of hydrogen-bond donors (Lipinski definition) is 18. The fourth-order valence-electron chi connectivity index (χ4n) is 11.4. The molecular weight excluding hydrogens is 1420 g/mol. The quantitative estimate of drug-likeness (QED) is 0.00902. The van der Waals surface area contributed by atoms with Crippen molar-refractivity contribution in [3.63, 3.8) is 0 Å². The van der Waals surface area contributed by atoms with Gasteiger partial charge in [-0.1, -0.05) is 91.0 Å². The molecule has 546 valence electrons. The number of aliphatic hydroxyl groups excluding tert-OH is 3. The summed E-state index contributed by atoms with van der Waals surface area (Å²) in [6.45, 7) is 2.70. The summed E-state index contributed by atoms with van der Waals surface area (Å²) in [4.78, 5) is 157. The molecular formula is C67H94GaN13O17PS2+3. The Morgan fingerprint density at radius 2 is 1.02 bits per heavy atom. The number of thiol groups is 2. The molecule has 5 aromatic rings. The number of aliphatic carboxylic acids is 2. The Hall–Kier alpha value is -7.37. The number of rotatable bonds is 39. The van der Waals surface area contributed by atoms with E-state index in [2.05, 4.69) is 72.8 Å². The van der Waals surface area contributed by atoms with E-state index in [9.17, 15) is 73.3 Å². The number of unbranched alkanes of at least 4 members (excludes halogenated alkanes) is 1. The van der Waals surface area contributed by atoms with Crippen molar-refractivity contribution in [3.8, 4) is 0 Å². The molecule has 0 radical (unpaired) electrons. The molecule has 1 fully saturated rings. The summed E-state index contributed by atoms with van der Waals surface area (Å²) in [6.07, 6.45) is -2.47. The summed E-state index contributed by atoms with van der Waals surface area (Å²) in [5.74, 6) is -9.96. The number of aliphatic hydroxyl groups is 3. The second kappa shape index (κ2) is 42.3. The maximum Gasteiger partial charge on any atom is 3.00 e. The number of fused-ring (bicyclic) bond motifs is 2. The molecule has 17 N–H and O–H groups in total. The zero-order valence-corrected chi connectivity index (χ0v) is 61.6. The Bertz CT molecular complexity index is 3610. The molecule has 11 atom stereocenters. The van der Waals surface area contributed by atoms with Gasteiger partial charge in [-0.3, -0.25) is 67.2 Å². The number of nitrogens with two attached hydrogens (primary N) is 1.